The van der Waals surface area contributed by atoms with Crippen LogP contribution in [-0.4, -0.2) is 95.0 Å². The molecule has 49 heavy (non-hydrogen) atoms. The summed E-state index contributed by atoms with van der Waals surface area (Å²) in [4.78, 5) is 4.50. The smallest absolute Gasteiger partial charge is 0.403 e. The summed E-state index contributed by atoms with van der Waals surface area (Å²) in [5, 5.41) is 25.6. The van der Waals surface area contributed by atoms with Crippen molar-refractivity contribution in [3.8, 4) is 0 Å². The Labute approximate surface area is 284 Å². The molecular weight excluding hydrogens is 685 g/mol. The van der Waals surface area contributed by atoms with Crippen molar-refractivity contribution in [3.05, 3.63) is 61.2 Å². The van der Waals surface area contributed by atoms with Gasteiger partial charge in [0.05, 0.1) is 39.6 Å². The topological polar surface area (TPSA) is 260 Å². The highest BCUT2D eigenvalue weighted by Gasteiger charge is 2.13. The first-order valence-electron chi connectivity index (χ1n) is 14.2. The van der Waals surface area contributed by atoms with E-state index in [1.54, 1.807) is 22.0 Å². The van der Waals surface area contributed by atoms with Crippen molar-refractivity contribution in [3.63, 3.8) is 0 Å². The minimum absolute atomic E-state index is 0.317. The summed E-state index contributed by atoms with van der Waals surface area (Å²) >= 11 is 0. The second-order valence-electron chi connectivity index (χ2n) is 11.3. The van der Waals surface area contributed by atoms with Crippen LogP contribution < -0.4 is 18.9 Å². The van der Waals surface area contributed by atoms with Crippen molar-refractivity contribution < 1.29 is 44.9 Å². The number of hydrogen-bond acceptors (Lipinski definition) is 12. The minimum Gasteiger partial charge on any atom is -0.750 e. The third kappa shape index (κ3) is 17.5. The average molecular weight is 729 g/mol. The van der Waals surface area contributed by atoms with Gasteiger partial charge in [0.15, 0.2) is 0 Å². The minimum atomic E-state index is -5.35. The van der Waals surface area contributed by atoms with Gasteiger partial charge >= 0.3 is 11.9 Å². The molecule has 0 aliphatic carbocycles. The van der Waals surface area contributed by atoms with Crippen molar-refractivity contribution >= 4 is 54.5 Å². The van der Waals surface area contributed by atoms with Crippen molar-refractivity contribution in [1.82, 2.24) is 19.6 Å². The van der Waals surface area contributed by atoms with Gasteiger partial charge < -0.3 is 37.1 Å². The zero-order chi connectivity index (χ0) is 37.3. The lowest BCUT2D eigenvalue weighted by molar-refractivity contribution is -0.659. The molecule has 0 fully saturated rings. The molecule has 2 aromatic heterocycles. The Balaban J connectivity index is 0.000000594. The van der Waals surface area contributed by atoms with E-state index in [1.165, 1.54) is 0 Å². The number of benzene rings is 2. The Morgan fingerprint density at radius 3 is 1.20 bits per heavy atom. The summed E-state index contributed by atoms with van der Waals surface area (Å²) in [6.45, 7) is 1.87. The molecule has 0 saturated carbocycles. The van der Waals surface area contributed by atoms with Crippen molar-refractivity contribution in [2.24, 2.45) is 48.6 Å². The van der Waals surface area contributed by atoms with E-state index in [0.29, 0.717) is 24.4 Å². The molecule has 0 aliphatic rings. The largest absolute Gasteiger partial charge is 0.750 e. The predicted molar refractivity (Wildman–Crippen MR) is 181 cm³/mol. The predicted octanol–water partition coefficient (Wildman–Crippen LogP) is 2.62. The molecule has 0 bridgehead atoms. The van der Waals surface area contributed by atoms with Crippen LogP contribution in [0.4, 0.5) is 34.6 Å². The molecule has 0 aliphatic heterocycles. The lowest BCUT2D eigenvalue weighted by atomic mass is 10.2. The fourth-order valence-electron chi connectivity index (χ4n) is 3.80. The number of aryl methyl sites for hydroxylation is 4. The van der Waals surface area contributed by atoms with E-state index in [2.05, 4.69) is 78.8 Å². The van der Waals surface area contributed by atoms with Crippen LogP contribution in [0.2, 0.25) is 0 Å². The number of anilines is 2. The number of hydrogen-bond donors (Lipinski definition) is 4. The van der Waals surface area contributed by atoms with E-state index in [0.717, 1.165) is 42.3 Å². The van der Waals surface area contributed by atoms with Gasteiger partial charge in [0.25, 0.3) is 0 Å². The zero-order valence-electron chi connectivity index (χ0n) is 28.5. The molecule has 2 aromatic carbocycles. The summed E-state index contributed by atoms with van der Waals surface area (Å²) in [5.74, 6) is 1.37. The van der Waals surface area contributed by atoms with Crippen LogP contribution in [-0.2, 0) is 48.0 Å². The fraction of sp³-hybridized carbons (Fsp3) is 0.407. The van der Waals surface area contributed by atoms with Crippen LogP contribution in [0.1, 0.15) is 6.42 Å². The van der Waals surface area contributed by atoms with Gasteiger partial charge in [-0.2, -0.15) is 0 Å². The van der Waals surface area contributed by atoms with Crippen LogP contribution in [0.25, 0.3) is 0 Å². The molecule has 22 heteroatoms. The van der Waals surface area contributed by atoms with Gasteiger partial charge in [-0.15, -0.1) is 9.36 Å². The number of azo groups is 2. The fourth-order valence-corrected chi connectivity index (χ4v) is 3.80. The Hall–Kier alpha value is -4.42. The maximum atomic E-state index is 9.34. The molecule has 2 heterocycles. The van der Waals surface area contributed by atoms with E-state index in [4.69, 9.17) is 18.2 Å². The molecule has 4 rings (SSSR count). The van der Waals surface area contributed by atoms with E-state index < -0.39 is 19.8 Å². The first kappa shape index (κ1) is 40.8. The maximum Gasteiger partial charge on any atom is 0.403 e. The van der Waals surface area contributed by atoms with Gasteiger partial charge in [-0.3, -0.25) is 0 Å². The monoisotopic (exact) mass is 728 g/mol. The van der Waals surface area contributed by atoms with Gasteiger partial charge in [0.1, 0.15) is 0 Å². The molecule has 0 atom stereocenters. The molecule has 0 spiro atoms. The first-order chi connectivity index (χ1) is 22.3. The van der Waals surface area contributed by atoms with Gasteiger partial charge in [0.2, 0.25) is 12.7 Å². The van der Waals surface area contributed by atoms with Crippen molar-refractivity contribution in [2.75, 3.05) is 49.5 Å². The second-order valence-corrected chi connectivity index (χ2v) is 15.8. The van der Waals surface area contributed by atoms with E-state index >= 15 is 0 Å². The third-order valence-corrected chi connectivity index (χ3v) is 6.08. The molecule has 4 N–H and O–H groups in total. The van der Waals surface area contributed by atoms with Gasteiger partial charge in [0, 0.05) is 81.1 Å². The number of rotatable bonds is 10. The number of nitrogens with zero attached hydrogens (tertiary/aromatic N) is 12. The third-order valence-electron chi connectivity index (χ3n) is 6.08. The Bertz CT molecular complexity index is 1660. The highest BCUT2D eigenvalue weighted by atomic mass is 32.3. The van der Waals surface area contributed by atoms with Gasteiger partial charge in [-0.25, -0.2) is 17.6 Å². The van der Waals surface area contributed by atoms with Crippen LogP contribution in [0.5, 0.6) is 0 Å². The highest BCUT2D eigenvalue weighted by molar-refractivity contribution is 8.04. The van der Waals surface area contributed by atoms with Crippen LogP contribution in [0, 0.1) is 0 Å². The van der Waals surface area contributed by atoms with Crippen LogP contribution in [0.3, 0.4) is 0 Å². The molecular formula is C27H44N12O8S2. The number of aromatic nitrogens is 6. The summed E-state index contributed by atoms with van der Waals surface area (Å²) in [6.07, 6.45) is 5.06. The Morgan fingerprint density at radius 2 is 0.959 bits per heavy atom. The SMILES string of the molecule is CN(CCCN(C)c1ccc(N=Nc2n(C)nc[n+]2C)cc1)c1ccc(N=Nc2n(C)nc[n+]2C)cc1.CS(=O)([O-])(O)O.CS(=O)([O-])(O)O. The van der Waals surface area contributed by atoms with E-state index in [-0.39, 0.29) is 0 Å². The lowest BCUT2D eigenvalue weighted by Gasteiger charge is -2.30. The molecule has 272 valence electrons. The molecule has 20 nitrogen and oxygen atoms in total. The van der Waals surface area contributed by atoms with Crippen LogP contribution >= 0.6 is 0 Å². The van der Waals surface area contributed by atoms with E-state index in [9.17, 15) is 17.5 Å². The zero-order valence-corrected chi connectivity index (χ0v) is 30.1. The standard InChI is InChI=1S/C25H34N12.2CH6O4S/c1-32(22-12-8-20(9-13-22)28-30-24-34(3)18-26-36(24)5)16-7-17-33(2)23-14-10-21(11-15-23)29-31-25-35(4)19-27-37(25)6;2*1-6(2,3,4)5/h8-15,18-19H,7,16-17H2,1-6H3;2*1H3,(H3,2,3,4,5)/q+2;;/p-2. The molecule has 0 radical (unpaired) electrons. The quantitative estimate of drug-likeness (QED) is 0.136. The summed E-state index contributed by atoms with van der Waals surface area (Å²) in [7, 11) is 0.982. The Morgan fingerprint density at radius 1 is 0.673 bits per heavy atom. The van der Waals surface area contributed by atoms with Gasteiger partial charge in [-0.1, -0.05) is 10.2 Å². The summed E-state index contributed by atoms with van der Waals surface area (Å²) in [6, 6.07) is 16.2. The molecule has 4 aromatic rings. The van der Waals surface area contributed by atoms with E-state index in [1.807, 2.05) is 61.6 Å². The second kappa shape index (κ2) is 15.9. The molecule has 0 amide bonds. The van der Waals surface area contributed by atoms with Crippen LogP contribution in [0.15, 0.2) is 81.6 Å². The summed E-state index contributed by atoms with van der Waals surface area (Å²) < 4.78 is 74.6. The van der Waals surface area contributed by atoms with Crippen molar-refractivity contribution in [1.29, 1.82) is 0 Å². The first-order valence-corrected chi connectivity index (χ1v) is 18.7. The van der Waals surface area contributed by atoms with Gasteiger partial charge in [-0.05, 0) is 65.1 Å². The van der Waals surface area contributed by atoms with Crippen molar-refractivity contribution in [2.45, 2.75) is 6.42 Å². The highest BCUT2D eigenvalue weighted by Crippen LogP contribution is 2.22. The normalized spacial score (nSPS) is 13.4. The lowest BCUT2D eigenvalue weighted by Crippen LogP contribution is -2.27. The summed E-state index contributed by atoms with van der Waals surface area (Å²) in [5.41, 5.74) is 3.89. The maximum absolute atomic E-state index is 9.34. The molecule has 0 unspecified atom stereocenters. The Kier molecular flexibility index (Phi) is 13.2. The average Bonchev–Trinajstić information content (AvgIpc) is 3.46. The molecule has 0 saturated heterocycles.